The van der Waals surface area contributed by atoms with Crippen LogP contribution in [0.5, 0.6) is 5.75 Å². The summed E-state index contributed by atoms with van der Waals surface area (Å²) in [5, 5.41) is 2.94. The molecule has 2 aromatic rings. The highest BCUT2D eigenvalue weighted by atomic mass is 16.5. The van der Waals surface area contributed by atoms with E-state index in [1.165, 1.54) is 5.56 Å². The summed E-state index contributed by atoms with van der Waals surface area (Å²) in [5.41, 5.74) is 2.03. The number of hydrogen-bond donors (Lipinski definition) is 1. The van der Waals surface area contributed by atoms with Crippen molar-refractivity contribution in [3.8, 4) is 5.75 Å². The molecular weight excluding hydrogens is 238 g/mol. The van der Waals surface area contributed by atoms with Crippen LogP contribution in [0.4, 0.5) is 5.82 Å². The minimum Gasteiger partial charge on any atom is -0.487 e. The van der Waals surface area contributed by atoms with E-state index >= 15 is 0 Å². The van der Waals surface area contributed by atoms with Gasteiger partial charge in [-0.2, -0.15) is 0 Å². The van der Waals surface area contributed by atoms with Crippen LogP contribution in [0, 0.1) is 0 Å². The third-order valence-electron chi connectivity index (χ3n) is 2.88. The van der Waals surface area contributed by atoms with E-state index < -0.39 is 0 Å². The molecule has 0 fully saturated rings. The largest absolute Gasteiger partial charge is 0.487 e. The van der Waals surface area contributed by atoms with Crippen LogP contribution in [0.2, 0.25) is 0 Å². The molecule has 0 aliphatic carbocycles. The van der Waals surface area contributed by atoms with Crippen molar-refractivity contribution in [2.45, 2.75) is 26.4 Å². The molecule has 1 aromatic carbocycles. The highest BCUT2D eigenvalue weighted by Gasteiger charge is 2.07. The maximum absolute atomic E-state index is 5.84. The lowest BCUT2D eigenvalue weighted by Gasteiger charge is -2.13. The highest BCUT2D eigenvalue weighted by molar-refractivity contribution is 5.35. The van der Waals surface area contributed by atoms with Crippen molar-refractivity contribution in [1.29, 1.82) is 0 Å². The van der Waals surface area contributed by atoms with Crippen molar-refractivity contribution < 1.29 is 4.74 Å². The van der Waals surface area contributed by atoms with Gasteiger partial charge in [0, 0.05) is 7.05 Å². The smallest absolute Gasteiger partial charge is 0.144 e. The number of aromatic nitrogens is 2. The Labute approximate surface area is 113 Å². The first-order valence-electron chi connectivity index (χ1n) is 6.41. The molecular formula is C15H19N3O. The molecule has 100 valence electrons. The van der Waals surface area contributed by atoms with E-state index in [0.717, 1.165) is 17.3 Å². The zero-order valence-electron chi connectivity index (χ0n) is 11.6. The van der Waals surface area contributed by atoms with Crippen LogP contribution in [0.1, 0.15) is 31.0 Å². The summed E-state index contributed by atoms with van der Waals surface area (Å²) in [6.45, 7) is 4.74. The predicted molar refractivity (Wildman–Crippen MR) is 76.4 cm³/mol. The summed E-state index contributed by atoms with van der Waals surface area (Å²) in [6, 6.07) is 8.10. The molecule has 0 unspecified atom stereocenters. The molecule has 2 rings (SSSR count). The summed E-state index contributed by atoms with van der Waals surface area (Å²) in [7, 11) is 1.82. The van der Waals surface area contributed by atoms with Gasteiger partial charge in [0.25, 0.3) is 0 Å². The van der Waals surface area contributed by atoms with Gasteiger partial charge in [-0.05, 0) is 17.5 Å². The van der Waals surface area contributed by atoms with Gasteiger partial charge in [-0.15, -0.1) is 0 Å². The number of nitrogens with one attached hydrogen (secondary N) is 1. The minimum atomic E-state index is 0.431. The Morgan fingerprint density at radius 2 is 1.95 bits per heavy atom. The van der Waals surface area contributed by atoms with E-state index in [-0.39, 0.29) is 0 Å². The quantitative estimate of drug-likeness (QED) is 0.893. The average molecular weight is 257 g/mol. The number of para-hydroxylation sites is 1. The molecule has 1 N–H and O–H groups in total. The Hall–Kier alpha value is -2.10. The van der Waals surface area contributed by atoms with Crippen molar-refractivity contribution >= 4 is 5.82 Å². The minimum absolute atomic E-state index is 0.431. The number of benzene rings is 1. The lowest BCUT2D eigenvalue weighted by atomic mass is 10.0. The number of rotatable bonds is 5. The summed E-state index contributed by atoms with van der Waals surface area (Å²) in [5.74, 6) is 2.11. The van der Waals surface area contributed by atoms with Crippen LogP contribution in [-0.4, -0.2) is 17.0 Å². The maximum Gasteiger partial charge on any atom is 0.144 e. The van der Waals surface area contributed by atoms with Crippen LogP contribution in [0.3, 0.4) is 0 Å². The number of anilines is 1. The molecule has 0 saturated heterocycles. The summed E-state index contributed by atoms with van der Waals surface area (Å²) in [6.07, 6.45) is 3.43. The SMILES string of the molecule is CNc1cnc(COc2ccccc2C(C)C)cn1. The first kappa shape index (κ1) is 13.3. The second-order valence-electron chi connectivity index (χ2n) is 4.62. The van der Waals surface area contributed by atoms with E-state index in [2.05, 4.69) is 35.2 Å². The second kappa shape index (κ2) is 6.18. The number of nitrogens with zero attached hydrogens (tertiary/aromatic N) is 2. The van der Waals surface area contributed by atoms with E-state index in [0.29, 0.717) is 12.5 Å². The molecule has 0 saturated carbocycles. The molecule has 4 heteroatoms. The molecule has 0 bridgehead atoms. The van der Waals surface area contributed by atoms with Gasteiger partial charge in [-0.3, -0.25) is 4.98 Å². The molecule has 0 aliphatic heterocycles. The molecule has 19 heavy (non-hydrogen) atoms. The van der Waals surface area contributed by atoms with Crippen LogP contribution < -0.4 is 10.1 Å². The Morgan fingerprint density at radius 1 is 1.16 bits per heavy atom. The van der Waals surface area contributed by atoms with E-state index in [4.69, 9.17) is 4.74 Å². The normalized spacial score (nSPS) is 10.5. The first-order chi connectivity index (χ1) is 9.20. The van der Waals surface area contributed by atoms with Crippen molar-refractivity contribution in [2.24, 2.45) is 0 Å². The van der Waals surface area contributed by atoms with Gasteiger partial charge in [0.15, 0.2) is 0 Å². The van der Waals surface area contributed by atoms with Gasteiger partial charge in [-0.25, -0.2) is 4.98 Å². The summed E-state index contributed by atoms with van der Waals surface area (Å²) < 4.78 is 5.84. The third-order valence-corrected chi connectivity index (χ3v) is 2.88. The standard InChI is InChI=1S/C15H19N3O/c1-11(2)13-6-4-5-7-14(13)19-10-12-8-18-15(16-3)9-17-12/h4-9,11H,10H2,1-3H3,(H,16,18). The zero-order valence-corrected chi connectivity index (χ0v) is 11.6. The predicted octanol–water partition coefficient (Wildman–Crippen LogP) is 3.22. The molecule has 0 atom stereocenters. The Morgan fingerprint density at radius 3 is 2.58 bits per heavy atom. The van der Waals surface area contributed by atoms with Crippen molar-refractivity contribution in [1.82, 2.24) is 9.97 Å². The summed E-state index contributed by atoms with van der Waals surface area (Å²) in [4.78, 5) is 8.50. The zero-order chi connectivity index (χ0) is 13.7. The van der Waals surface area contributed by atoms with Gasteiger partial charge < -0.3 is 10.1 Å². The highest BCUT2D eigenvalue weighted by Crippen LogP contribution is 2.26. The van der Waals surface area contributed by atoms with Gasteiger partial charge in [0.05, 0.1) is 18.1 Å². The lowest BCUT2D eigenvalue weighted by molar-refractivity contribution is 0.296. The van der Waals surface area contributed by atoms with Crippen molar-refractivity contribution in [3.05, 3.63) is 47.9 Å². The molecule has 0 spiro atoms. The Bertz CT molecular complexity index is 523. The van der Waals surface area contributed by atoms with Crippen LogP contribution >= 0.6 is 0 Å². The number of ether oxygens (including phenoxy) is 1. The second-order valence-corrected chi connectivity index (χ2v) is 4.62. The fourth-order valence-electron chi connectivity index (χ4n) is 1.80. The van der Waals surface area contributed by atoms with Gasteiger partial charge in [-0.1, -0.05) is 32.0 Å². The Kier molecular flexibility index (Phi) is 4.34. The molecule has 1 heterocycles. The van der Waals surface area contributed by atoms with E-state index in [1.54, 1.807) is 12.4 Å². The van der Waals surface area contributed by atoms with E-state index in [1.807, 2.05) is 25.2 Å². The number of hydrogen-bond acceptors (Lipinski definition) is 4. The van der Waals surface area contributed by atoms with Gasteiger partial charge >= 0.3 is 0 Å². The molecule has 1 aromatic heterocycles. The Balaban J connectivity index is 2.05. The third kappa shape index (κ3) is 3.44. The van der Waals surface area contributed by atoms with E-state index in [9.17, 15) is 0 Å². The fraction of sp³-hybridized carbons (Fsp3) is 0.333. The van der Waals surface area contributed by atoms with Crippen LogP contribution in [-0.2, 0) is 6.61 Å². The maximum atomic E-state index is 5.84. The van der Waals surface area contributed by atoms with Crippen molar-refractivity contribution in [3.63, 3.8) is 0 Å². The fourth-order valence-corrected chi connectivity index (χ4v) is 1.80. The van der Waals surface area contributed by atoms with Gasteiger partial charge in [0.1, 0.15) is 18.2 Å². The van der Waals surface area contributed by atoms with Crippen LogP contribution in [0.25, 0.3) is 0 Å². The molecule has 0 radical (unpaired) electrons. The molecule has 0 aliphatic rings. The van der Waals surface area contributed by atoms with Crippen molar-refractivity contribution in [2.75, 3.05) is 12.4 Å². The lowest BCUT2D eigenvalue weighted by Crippen LogP contribution is -2.03. The average Bonchev–Trinajstić information content (AvgIpc) is 2.46. The summed E-state index contributed by atoms with van der Waals surface area (Å²) >= 11 is 0. The molecule has 4 nitrogen and oxygen atoms in total. The van der Waals surface area contributed by atoms with Crippen LogP contribution in [0.15, 0.2) is 36.7 Å². The van der Waals surface area contributed by atoms with Gasteiger partial charge in [0.2, 0.25) is 0 Å². The molecule has 0 amide bonds. The monoisotopic (exact) mass is 257 g/mol. The first-order valence-corrected chi connectivity index (χ1v) is 6.41. The topological polar surface area (TPSA) is 47.0 Å².